The molecule has 26 heavy (non-hydrogen) atoms. The Labute approximate surface area is 150 Å². The average molecular weight is 359 g/mol. The van der Waals surface area contributed by atoms with E-state index < -0.39 is 23.7 Å². The lowest BCUT2D eigenvalue weighted by Gasteiger charge is -2.24. The minimum atomic E-state index is -0.859. The number of amides is 3. The van der Waals surface area contributed by atoms with Crippen LogP contribution >= 0.6 is 0 Å². The van der Waals surface area contributed by atoms with E-state index in [1.165, 1.54) is 4.90 Å². The van der Waals surface area contributed by atoms with Crippen molar-refractivity contribution in [2.75, 3.05) is 11.9 Å². The van der Waals surface area contributed by atoms with Crippen molar-refractivity contribution in [1.29, 1.82) is 0 Å². The fourth-order valence-corrected chi connectivity index (χ4v) is 2.96. The first-order valence-corrected chi connectivity index (χ1v) is 8.39. The molecule has 1 aliphatic heterocycles. The van der Waals surface area contributed by atoms with Crippen molar-refractivity contribution in [2.24, 2.45) is 0 Å². The van der Waals surface area contributed by atoms with Gasteiger partial charge in [-0.05, 0) is 30.5 Å². The maximum atomic E-state index is 13.7. The van der Waals surface area contributed by atoms with Crippen molar-refractivity contribution in [3.63, 3.8) is 0 Å². The van der Waals surface area contributed by atoms with Crippen LogP contribution < -0.4 is 10.6 Å². The zero-order chi connectivity index (χ0) is 18.5. The van der Waals surface area contributed by atoms with Gasteiger partial charge < -0.3 is 15.5 Å². The second-order valence-electron chi connectivity index (χ2n) is 6.11. The molecule has 0 bridgehead atoms. The smallest absolute Gasteiger partial charge is 0.322 e. The van der Waals surface area contributed by atoms with E-state index >= 15 is 0 Å². The van der Waals surface area contributed by atoms with Crippen LogP contribution in [0.15, 0.2) is 48.5 Å². The summed E-state index contributed by atoms with van der Waals surface area (Å²) < 4.78 is 26.7. The van der Waals surface area contributed by atoms with Gasteiger partial charge in [0.2, 0.25) is 5.91 Å². The van der Waals surface area contributed by atoms with Crippen molar-refractivity contribution in [1.82, 2.24) is 10.2 Å². The first kappa shape index (κ1) is 17.8. The number of nitrogens with zero attached hydrogens (tertiary/aromatic N) is 1. The molecule has 7 heteroatoms. The Morgan fingerprint density at radius 3 is 2.62 bits per heavy atom. The molecule has 0 unspecified atom stereocenters. The summed E-state index contributed by atoms with van der Waals surface area (Å²) in [5.74, 6) is -1.83. The van der Waals surface area contributed by atoms with Gasteiger partial charge in [-0.2, -0.15) is 0 Å². The Hall–Kier alpha value is -2.96. The first-order valence-electron chi connectivity index (χ1n) is 8.39. The number of hydrogen-bond donors (Lipinski definition) is 2. The molecule has 2 N–H and O–H groups in total. The summed E-state index contributed by atoms with van der Waals surface area (Å²) in [6.07, 6.45) is 1.22. The van der Waals surface area contributed by atoms with Crippen LogP contribution in [0.5, 0.6) is 0 Å². The molecule has 0 spiro atoms. The largest absolute Gasteiger partial charge is 0.350 e. The van der Waals surface area contributed by atoms with Gasteiger partial charge >= 0.3 is 6.03 Å². The highest BCUT2D eigenvalue weighted by Crippen LogP contribution is 2.21. The van der Waals surface area contributed by atoms with E-state index in [0.717, 1.165) is 17.7 Å². The molecule has 1 atom stereocenters. The summed E-state index contributed by atoms with van der Waals surface area (Å²) in [6.45, 7) is 0.774. The molecule has 3 rings (SSSR count). The third-order valence-corrected chi connectivity index (χ3v) is 4.30. The predicted octanol–water partition coefficient (Wildman–Crippen LogP) is 3.28. The highest BCUT2D eigenvalue weighted by molar-refractivity contribution is 5.94. The molecule has 136 valence electrons. The van der Waals surface area contributed by atoms with E-state index in [1.807, 2.05) is 30.3 Å². The summed E-state index contributed by atoms with van der Waals surface area (Å²) in [5.41, 5.74) is 0.843. The number of anilines is 1. The Morgan fingerprint density at radius 1 is 1.12 bits per heavy atom. The van der Waals surface area contributed by atoms with Crippen LogP contribution in [0.2, 0.25) is 0 Å². The highest BCUT2D eigenvalue weighted by atomic mass is 19.1. The number of benzene rings is 2. The normalized spacial score (nSPS) is 16.4. The van der Waals surface area contributed by atoms with E-state index in [4.69, 9.17) is 0 Å². The lowest BCUT2D eigenvalue weighted by Crippen LogP contribution is -2.47. The molecular weight excluding hydrogens is 340 g/mol. The zero-order valence-electron chi connectivity index (χ0n) is 14.0. The number of rotatable bonds is 4. The number of hydrogen-bond acceptors (Lipinski definition) is 2. The summed E-state index contributed by atoms with van der Waals surface area (Å²) in [7, 11) is 0. The van der Waals surface area contributed by atoms with Gasteiger partial charge in [-0.25, -0.2) is 13.6 Å². The molecule has 1 saturated heterocycles. The number of halogens is 2. The van der Waals surface area contributed by atoms with Gasteiger partial charge in [0.05, 0.1) is 5.69 Å². The van der Waals surface area contributed by atoms with Crippen molar-refractivity contribution in [3.8, 4) is 0 Å². The van der Waals surface area contributed by atoms with Crippen LogP contribution in [-0.2, 0) is 11.3 Å². The minimum Gasteiger partial charge on any atom is -0.350 e. The Bertz CT molecular complexity index is 799. The van der Waals surface area contributed by atoms with Gasteiger partial charge in [-0.3, -0.25) is 4.79 Å². The lowest BCUT2D eigenvalue weighted by molar-refractivity contribution is -0.124. The van der Waals surface area contributed by atoms with Crippen molar-refractivity contribution in [2.45, 2.75) is 25.4 Å². The minimum absolute atomic E-state index is 0.119. The topological polar surface area (TPSA) is 61.4 Å². The van der Waals surface area contributed by atoms with Gasteiger partial charge in [0.25, 0.3) is 0 Å². The van der Waals surface area contributed by atoms with E-state index in [-0.39, 0.29) is 11.6 Å². The molecule has 2 aromatic rings. The third kappa shape index (κ3) is 4.17. The van der Waals surface area contributed by atoms with Crippen LogP contribution in [0, 0.1) is 11.6 Å². The van der Waals surface area contributed by atoms with E-state index in [0.29, 0.717) is 32.0 Å². The second-order valence-corrected chi connectivity index (χ2v) is 6.11. The Balaban J connectivity index is 1.61. The summed E-state index contributed by atoms with van der Waals surface area (Å²) in [5, 5.41) is 5.23. The van der Waals surface area contributed by atoms with Gasteiger partial charge in [0, 0.05) is 19.2 Å². The molecule has 0 saturated carbocycles. The molecular formula is C19H19F2N3O2. The van der Waals surface area contributed by atoms with Crippen LogP contribution in [0.1, 0.15) is 18.4 Å². The molecule has 0 aliphatic carbocycles. The maximum absolute atomic E-state index is 13.7. The van der Waals surface area contributed by atoms with Gasteiger partial charge in [0.1, 0.15) is 17.7 Å². The maximum Gasteiger partial charge on any atom is 0.322 e. The van der Waals surface area contributed by atoms with Gasteiger partial charge in [-0.1, -0.05) is 30.3 Å². The number of urea groups is 1. The Kier molecular flexibility index (Phi) is 5.46. The monoisotopic (exact) mass is 359 g/mol. The molecule has 0 radical (unpaired) electrons. The van der Waals surface area contributed by atoms with Crippen LogP contribution in [0.3, 0.4) is 0 Å². The summed E-state index contributed by atoms with van der Waals surface area (Å²) >= 11 is 0. The molecule has 1 aliphatic rings. The number of likely N-dealkylation sites (tertiary alicyclic amines) is 1. The first-order chi connectivity index (χ1) is 12.5. The molecule has 2 aromatic carbocycles. The SMILES string of the molecule is O=C(NCc1ccccc1)[C@@H]1CCCN1C(=O)Nc1ccc(F)cc1F. The lowest BCUT2D eigenvalue weighted by atomic mass is 10.2. The number of carbonyl (C=O) groups is 2. The Morgan fingerprint density at radius 2 is 1.88 bits per heavy atom. The van der Waals surface area contributed by atoms with Crippen molar-refractivity contribution in [3.05, 3.63) is 65.7 Å². The number of nitrogens with one attached hydrogen (secondary N) is 2. The van der Waals surface area contributed by atoms with Gasteiger partial charge in [-0.15, -0.1) is 0 Å². The fourth-order valence-electron chi connectivity index (χ4n) is 2.96. The second kappa shape index (κ2) is 7.95. The van der Waals surface area contributed by atoms with Gasteiger partial charge in [0.15, 0.2) is 0 Å². The number of carbonyl (C=O) groups excluding carboxylic acids is 2. The molecule has 0 aromatic heterocycles. The average Bonchev–Trinajstić information content (AvgIpc) is 3.13. The zero-order valence-corrected chi connectivity index (χ0v) is 14.0. The van der Waals surface area contributed by atoms with Crippen LogP contribution in [0.25, 0.3) is 0 Å². The summed E-state index contributed by atoms with van der Waals surface area (Å²) in [6, 6.07) is 11.2. The third-order valence-electron chi connectivity index (χ3n) is 4.30. The summed E-state index contributed by atoms with van der Waals surface area (Å²) in [4.78, 5) is 26.2. The standard InChI is InChI=1S/C19H19F2N3O2/c20-14-8-9-16(15(21)11-14)23-19(26)24-10-4-7-17(24)18(25)22-12-13-5-2-1-3-6-13/h1-3,5-6,8-9,11,17H,4,7,10,12H2,(H,22,25)(H,23,26)/t17-/m0/s1. The quantitative estimate of drug-likeness (QED) is 0.880. The predicted molar refractivity (Wildman–Crippen MR) is 93.4 cm³/mol. The van der Waals surface area contributed by atoms with Crippen molar-refractivity contribution < 1.29 is 18.4 Å². The molecule has 1 heterocycles. The molecule has 3 amide bonds. The van der Waals surface area contributed by atoms with E-state index in [1.54, 1.807) is 0 Å². The van der Waals surface area contributed by atoms with Crippen LogP contribution in [0.4, 0.5) is 19.3 Å². The van der Waals surface area contributed by atoms with E-state index in [9.17, 15) is 18.4 Å². The molecule has 1 fully saturated rings. The molecule has 5 nitrogen and oxygen atoms in total. The van der Waals surface area contributed by atoms with Crippen LogP contribution in [-0.4, -0.2) is 29.4 Å². The van der Waals surface area contributed by atoms with E-state index in [2.05, 4.69) is 10.6 Å². The fraction of sp³-hybridized carbons (Fsp3) is 0.263. The van der Waals surface area contributed by atoms with Crippen molar-refractivity contribution >= 4 is 17.6 Å². The highest BCUT2D eigenvalue weighted by Gasteiger charge is 2.34.